The summed E-state index contributed by atoms with van der Waals surface area (Å²) in [7, 11) is 0. The van der Waals surface area contributed by atoms with E-state index >= 15 is 0 Å². The van der Waals surface area contributed by atoms with Gasteiger partial charge in [-0.25, -0.2) is 4.99 Å². The lowest BCUT2D eigenvalue weighted by molar-refractivity contribution is 0.312. The zero-order valence-corrected chi connectivity index (χ0v) is 4.92. The minimum atomic E-state index is 0.500. The van der Waals surface area contributed by atoms with E-state index in [9.17, 15) is 0 Å². The van der Waals surface area contributed by atoms with Gasteiger partial charge in [-0.3, -0.25) is 0 Å². The first-order chi connectivity index (χ1) is 3.85. The van der Waals surface area contributed by atoms with Crippen LogP contribution >= 0.6 is 0 Å². The quantitative estimate of drug-likeness (QED) is 0.328. The van der Waals surface area contributed by atoms with E-state index in [4.69, 9.17) is 5.90 Å². The molecule has 0 amide bonds. The maximum Gasteiger partial charge on any atom is 0.213 e. The van der Waals surface area contributed by atoms with Crippen LogP contribution in [-0.4, -0.2) is 5.90 Å². The molecule has 0 heterocycles. The largest absolute Gasteiger partial charge is 0.396 e. The van der Waals surface area contributed by atoms with Crippen LogP contribution in [0.4, 0.5) is 0 Å². The normalized spacial score (nSPS) is 11.0. The molecule has 46 valence electrons. The molecule has 0 radical (unpaired) electrons. The highest BCUT2D eigenvalue weighted by molar-refractivity contribution is 5.75. The SMILES string of the molecule is C=CN=C(CC)ON. The molecule has 0 rings (SSSR count). The Kier molecular flexibility index (Phi) is 3.88. The van der Waals surface area contributed by atoms with Crippen molar-refractivity contribution in [3.05, 3.63) is 12.8 Å². The van der Waals surface area contributed by atoms with Crippen LogP contribution < -0.4 is 5.90 Å². The fourth-order valence-corrected chi connectivity index (χ4v) is 0.307. The Morgan fingerprint density at radius 3 is 2.75 bits per heavy atom. The van der Waals surface area contributed by atoms with Crippen LogP contribution in [0.2, 0.25) is 0 Å². The minimum absolute atomic E-state index is 0.500. The monoisotopic (exact) mass is 114 g/mol. The number of hydrogen-bond acceptors (Lipinski definition) is 3. The Hall–Kier alpha value is -0.830. The summed E-state index contributed by atoms with van der Waals surface area (Å²) in [5, 5.41) is 0. The molecule has 8 heavy (non-hydrogen) atoms. The summed E-state index contributed by atoms with van der Waals surface area (Å²) in [5.41, 5.74) is 0. The van der Waals surface area contributed by atoms with Gasteiger partial charge < -0.3 is 4.84 Å². The average Bonchev–Trinajstić information content (AvgIpc) is 1.83. The Morgan fingerprint density at radius 2 is 2.62 bits per heavy atom. The maximum absolute atomic E-state index is 4.79. The smallest absolute Gasteiger partial charge is 0.213 e. The molecule has 0 aromatic carbocycles. The molecule has 3 heteroatoms. The third-order valence-corrected chi connectivity index (χ3v) is 0.674. The van der Waals surface area contributed by atoms with Crippen molar-refractivity contribution < 1.29 is 4.84 Å². The van der Waals surface area contributed by atoms with E-state index in [0.29, 0.717) is 12.3 Å². The van der Waals surface area contributed by atoms with Crippen LogP contribution in [0.25, 0.3) is 0 Å². The molecule has 0 fully saturated rings. The van der Waals surface area contributed by atoms with Gasteiger partial charge in [0.25, 0.3) is 0 Å². The van der Waals surface area contributed by atoms with Crippen molar-refractivity contribution in [3.8, 4) is 0 Å². The summed E-state index contributed by atoms with van der Waals surface area (Å²) in [6, 6.07) is 0. The van der Waals surface area contributed by atoms with Crippen LogP contribution in [0.3, 0.4) is 0 Å². The molecule has 0 aromatic rings. The van der Waals surface area contributed by atoms with Crippen LogP contribution in [0.15, 0.2) is 17.8 Å². The number of aliphatic imine (C=N–C) groups is 1. The van der Waals surface area contributed by atoms with E-state index in [2.05, 4.69) is 16.4 Å². The topological polar surface area (TPSA) is 47.6 Å². The average molecular weight is 114 g/mol. The molecule has 0 saturated heterocycles. The highest BCUT2D eigenvalue weighted by Crippen LogP contribution is 1.83. The molecule has 3 nitrogen and oxygen atoms in total. The standard InChI is InChI=1S/C5H10N2O/c1-3-5(8-6)7-4-2/h4H,2-3,6H2,1H3. The third kappa shape index (κ3) is 2.36. The lowest BCUT2D eigenvalue weighted by Crippen LogP contribution is -2.07. The van der Waals surface area contributed by atoms with Gasteiger partial charge in [-0.2, -0.15) is 5.90 Å². The second-order valence-electron chi connectivity index (χ2n) is 1.18. The lowest BCUT2D eigenvalue weighted by Gasteiger charge is -1.94. The van der Waals surface area contributed by atoms with Gasteiger partial charge in [0.15, 0.2) is 0 Å². The second kappa shape index (κ2) is 4.33. The molecule has 0 aliphatic carbocycles. The summed E-state index contributed by atoms with van der Waals surface area (Å²) in [5.74, 6) is 5.29. The summed E-state index contributed by atoms with van der Waals surface area (Å²) in [4.78, 5) is 8.01. The molecule has 0 aromatic heterocycles. The molecular formula is C5H10N2O. The summed E-state index contributed by atoms with van der Waals surface area (Å²) >= 11 is 0. The molecule has 0 bridgehead atoms. The van der Waals surface area contributed by atoms with E-state index in [0.717, 1.165) is 0 Å². The highest BCUT2D eigenvalue weighted by Gasteiger charge is 1.87. The summed E-state index contributed by atoms with van der Waals surface area (Å²) < 4.78 is 0. The van der Waals surface area contributed by atoms with Crippen LogP contribution in [0.1, 0.15) is 13.3 Å². The predicted octanol–water partition coefficient (Wildman–Crippen LogP) is 0.829. The second-order valence-corrected chi connectivity index (χ2v) is 1.18. The first-order valence-electron chi connectivity index (χ1n) is 2.39. The zero-order chi connectivity index (χ0) is 6.41. The predicted molar refractivity (Wildman–Crippen MR) is 33.2 cm³/mol. The van der Waals surface area contributed by atoms with Gasteiger partial charge in [0, 0.05) is 12.6 Å². The molecule has 0 aliphatic rings. The Balaban J connectivity index is 3.66. The molecule has 0 saturated carbocycles. The molecule has 0 atom stereocenters. The van der Waals surface area contributed by atoms with Crippen molar-refractivity contribution in [2.45, 2.75) is 13.3 Å². The number of hydrogen-bond donors (Lipinski definition) is 1. The molecule has 0 spiro atoms. The van der Waals surface area contributed by atoms with Crippen molar-refractivity contribution >= 4 is 5.90 Å². The summed E-state index contributed by atoms with van der Waals surface area (Å²) in [6.07, 6.45) is 2.09. The first-order valence-corrected chi connectivity index (χ1v) is 2.39. The van der Waals surface area contributed by atoms with Gasteiger partial charge >= 0.3 is 0 Å². The molecule has 2 N–H and O–H groups in total. The van der Waals surface area contributed by atoms with E-state index in [1.54, 1.807) is 0 Å². The minimum Gasteiger partial charge on any atom is -0.396 e. The number of nitrogens with two attached hydrogens (primary N) is 1. The van der Waals surface area contributed by atoms with Crippen LogP contribution in [0.5, 0.6) is 0 Å². The zero-order valence-electron chi connectivity index (χ0n) is 4.92. The van der Waals surface area contributed by atoms with Crippen LogP contribution in [-0.2, 0) is 4.84 Å². The van der Waals surface area contributed by atoms with Crippen LogP contribution in [0, 0.1) is 0 Å². The maximum atomic E-state index is 4.79. The van der Waals surface area contributed by atoms with Gasteiger partial charge in [0.05, 0.1) is 0 Å². The van der Waals surface area contributed by atoms with E-state index in [1.165, 1.54) is 6.20 Å². The summed E-state index contributed by atoms with van der Waals surface area (Å²) in [6.45, 7) is 5.27. The van der Waals surface area contributed by atoms with Gasteiger partial charge in [-0.05, 0) is 0 Å². The molecular weight excluding hydrogens is 104 g/mol. The van der Waals surface area contributed by atoms with Gasteiger partial charge in [0.1, 0.15) is 0 Å². The Morgan fingerprint density at radius 1 is 2.00 bits per heavy atom. The van der Waals surface area contributed by atoms with Crippen molar-refractivity contribution in [1.82, 2.24) is 0 Å². The third-order valence-electron chi connectivity index (χ3n) is 0.674. The first kappa shape index (κ1) is 7.17. The van der Waals surface area contributed by atoms with E-state index < -0.39 is 0 Å². The fraction of sp³-hybridized carbons (Fsp3) is 0.400. The van der Waals surface area contributed by atoms with E-state index in [-0.39, 0.29) is 0 Å². The Bertz CT molecular complexity index is 92.6. The van der Waals surface area contributed by atoms with E-state index in [1.807, 2.05) is 6.92 Å². The van der Waals surface area contributed by atoms with Crippen molar-refractivity contribution in [3.63, 3.8) is 0 Å². The number of rotatable bonds is 2. The van der Waals surface area contributed by atoms with Gasteiger partial charge in [0.2, 0.25) is 5.90 Å². The van der Waals surface area contributed by atoms with Crippen molar-refractivity contribution in [1.29, 1.82) is 0 Å². The van der Waals surface area contributed by atoms with Crippen molar-refractivity contribution in [2.75, 3.05) is 0 Å². The molecule has 0 aliphatic heterocycles. The van der Waals surface area contributed by atoms with Gasteiger partial charge in [-0.1, -0.05) is 13.5 Å². The van der Waals surface area contributed by atoms with Crippen molar-refractivity contribution in [2.24, 2.45) is 10.9 Å². The van der Waals surface area contributed by atoms with Gasteiger partial charge in [-0.15, -0.1) is 0 Å². The fourth-order valence-electron chi connectivity index (χ4n) is 0.307. The molecule has 0 unspecified atom stereocenters. The number of nitrogens with zero attached hydrogens (tertiary/aromatic N) is 1. The highest BCUT2D eigenvalue weighted by atomic mass is 16.6. The lowest BCUT2D eigenvalue weighted by atomic mass is 10.5. The Labute approximate surface area is 48.8 Å².